The predicted molar refractivity (Wildman–Crippen MR) is 110 cm³/mol. The lowest BCUT2D eigenvalue weighted by molar-refractivity contribution is -0.105. The van der Waals surface area contributed by atoms with Crippen molar-refractivity contribution in [1.82, 2.24) is 10.4 Å². The van der Waals surface area contributed by atoms with Gasteiger partial charge in [0.05, 0.1) is 5.52 Å². The van der Waals surface area contributed by atoms with Crippen LogP contribution < -0.4 is 16.2 Å². The number of nitrogens with zero attached hydrogens (tertiary/aromatic N) is 1. The molecule has 3 aromatic rings. The van der Waals surface area contributed by atoms with Crippen molar-refractivity contribution in [3.63, 3.8) is 0 Å². The van der Waals surface area contributed by atoms with Crippen LogP contribution >= 0.6 is 23.2 Å². The van der Waals surface area contributed by atoms with Crippen LogP contribution in [0.5, 0.6) is 0 Å². The molecule has 0 saturated heterocycles. The van der Waals surface area contributed by atoms with Gasteiger partial charge in [0.1, 0.15) is 5.82 Å². The maximum Gasteiger partial charge on any atom is 0.211 e. The van der Waals surface area contributed by atoms with Gasteiger partial charge in [0.25, 0.3) is 0 Å². The number of nitrogens with one attached hydrogen (secondary N) is 3. The molecule has 0 atom stereocenters. The molecule has 3 rings (SSSR count). The summed E-state index contributed by atoms with van der Waals surface area (Å²) in [6, 6.07) is 13.1. The van der Waals surface area contributed by atoms with Gasteiger partial charge in [0.15, 0.2) is 0 Å². The number of hydrazine groups is 1. The number of carbonyl (C=O) groups excluding carboxylic acids is 1. The van der Waals surface area contributed by atoms with Gasteiger partial charge >= 0.3 is 0 Å². The summed E-state index contributed by atoms with van der Waals surface area (Å²) in [5.74, 6) is 0.858. The average molecular weight is 391 g/mol. The lowest BCUT2D eigenvalue weighted by Crippen LogP contribution is -2.16. The Bertz CT molecular complexity index is 895. The standard InChI is InChI=1S/C12H15N3.C7H5Cl2NO/c1-8-5-4-6-10-9(2)7-11(15-13-3)14-12(8)10;8-5-1-6(9)3-7(2-5)10-4-11/h4-7,13H,1-3H3,(H,14,15);1-4H,(H,10,11). The fourth-order valence-electron chi connectivity index (χ4n) is 2.46. The normalized spacial score (nSPS) is 10.0. The van der Waals surface area contributed by atoms with Crippen molar-refractivity contribution >= 4 is 52.0 Å². The quantitative estimate of drug-likeness (QED) is 0.435. The lowest BCUT2D eigenvalue weighted by Gasteiger charge is -2.09. The van der Waals surface area contributed by atoms with Gasteiger partial charge in [-0.1, -0.05) is 41.4 Å². The molecule has 0 aliphatic heterocycles. The summed E-state index contributed by atoms with van der Waals surface area (Å²) >= 11 is 11.3. The Morgan fingerprint density at radius 3 is 2.31 bits per heavy atom. The number of fused-ring (bicyclic) bond motifs is 1. The minimum absolute atomic E-state index is 0.502. The Kier molecular flexibility index (Phi) is 7.21. The number of rotatable bonds is 4. The fourth-order valence-corrected chi connectivity index (χ4v) is 2.98. The van der Waals surface area contributed by atoms with Crippen molar-refractivity contribution in [1.29, 1.82) is 0 Å². The molecule has 0 bridgehead atoms. The third-order valence-corrected chi connectivity index (χ3v) is 4.03. The van der Waals surface area contributed by atoms with Gasteiger partial charge in [-0.05, 0) is 49.2 Å². The summed E-state index contributed by atoms with van der Waals surface area (Å²) in [7, 11) is 1.83. The minimum atomic E-state index is 0.502. The van der Waals surface area contributed by atoms with Gasteiger partial charge in [-0.3, -0.25) is 4.79 Å². The van der Waals surface area contributed by atoms with Crippen LogP contribution in [0.3, 0.4) is 0 Å². The first-order chi connectivity index (χ1) is 12.4. The Morgan fingerprint density at radius 2 is 1.69 bits per heavy atom. The number of amides is 1. The van der Waals surface area contributed by atoms with Gasteiger partial charge in [-0.2, -0.15) is 0 Å². The first-order valence-electron chi connectivity index (χ1n) is 7.90. The van der Waals surface area contributed by atoms with Crippen LogP contribution in [0.1, 0.15) is 11.1 Å². The number of pyridine rings is 1. The van der Waals surface area contributed by atoms with Gasteiger partial charge in [0.2, 0.25) is 6.41 Å². The van der Waals surface area contributed by atoms with Crippen LogP contribution in [-0.2, 0) is 4.79 Å². The maximum atomic E-state index is 10.00. The first-order valence-corrected chi connectivity index (χ1v) is 8.66. The highest BCUT2D eigenvalue weighted by Crippen LogP contribution is 2.23. The molecule has 0 saturated carbocycles. The van der Waals surface area contributed by atoms with E-state index in [1.54, 1.807) is 18.2 Å². The Morgan fingerprint density at radius 1 is 1.00 bits per heavy atom. The highest BCUT2D eigenvalue weighted by atomic mass is 35.5. The van der Waals surface area contributed by atoms with E-state index in [0.717, 1.165) is 11.3 Å². The summed E-state index contributed by atoms with van der Waals surface area (Å²) in [5.41, 5.74) is 9.99. The van der Waals surface area contributed by atoms with Crippen LogP contribution in [0.25, 0.3) is 10.9 Å². The van der Waals surface area contributed by atoms with Crippen LogP contribution in [-0.4, -0.2) is 18.4 Å². The summed E-state index contributed by atoms with van der Waals surface area (Å²) < 4.78 is 0. The van der Waals surface area contributed by atoms with Crippen molar-refractivity contribution in [2.24, 2.45) is 0 Å². The molecule has 0 aliphatic carbocycles. The third kappa shape index (κ3) is 5.33. The van der Waals surface area contributed by atoms with E-state index >= 15 is 0 Å². The van der Waals surface area contributed by atoms with Crippen molar-refractivity contribution in [3.8, 4) is 0 Å². The second-order valence-electron chi connectivity index (χ2n) is 5.59. The molecule has 0 fully saturated rings. The molecule has 0 unspecified atom stereocenters. The molecule has 5 nitrogen and oxygen atoms in total. The number of carbonyl (C=O) groups is 1. The molecule has 1 amide bonds. The summed E-state index contributed by atoms with van der Waals surface area (Å²) in [6.07, 6.45) is 0.571. The van der Waals surface area contributed by atoms with Gasteiger partial charge in [0, 0.05) is 28.2 Å². The monoisotopic (exact) mass is 390 g/mol. The molecule has 1 aromatic heterocycles. The van der Waals surface area contributed by atoms with Crippen molar-refractivity contribution < 1.29 is 4.79 Å². The molecule has 0 aliphatic rings. The summed E-state index contributed by atoms with van der Waals surface area (Å²) in [4.78, 5) is 14.6. The Balaban J connectivity index is 0.000000197. The van der Waals surface area contributed by atoms with Gasteiger partial charge in [-0.15, -0.1) is 0 Å². The number of benzene rings is 2. The largest absolute Gasteiger partial charge is 0.329 e. The van der Waals surface area contributed by atoms with Gasteiger partial charge in [-0.25, -0.2) is 10.4 Å². The van der Waals surface area contributed by atoms with E-state index in [1.807, 2.05) is 13.1 Å². The number of hydrogen-bond acceptors (Lipinski definition) is 4. The molecule has 0 radical (unpaired) electrons. The molecular weight excluding hydrogens is 371 g/mol. The third-order valence-electron chi connectivity index (χ3n) is 3.59. The van der Waals surface area contributed by atoms with E-state index in [2.05, 4.69) is 53.2 Å². The summed E-state index contributed by atoms with van der Waals surface area (Å²) in [6.45, 7) is 4.18. The Hall–Kier alpha value is -2.34. The highest BCUT2D eigenvalue weighted by molar-refractivity contribution is 6.35. The zero-order valence-corrected chi connectivity index (χ0v) is 16.2. The van der Waals surface area contributed by atoms with Crippen molar-refractivity contribution in [2.75, 3.05) is 17.8 Å². The lowest BCUT2D eigenvalue weighted by atomic mass is 10.1. The Labute approximate surface area is 162 Å². The zero-order chi connectivity index (χ0) is 19.1. The number of halogens is 2. The van der Waals surface area contributed by atoms with Crippen LogP contribution in [0.4, 0.5) is 11.5 Å². The van der Waals surface area contributed by atoms with E-state index in [1.165, 1.54) is 16.5 Å². The van der Waals surface area contributed by atoms with E-state index in [9.17, 15) is 4.79 Å². The molecule has 2 aromatic carbocycles. The second kappa shape index (κ2) is 9.38. The van der Waals surface area contributed by atoms with E-state index in [-0.39, 0.29) is 0 Å². The van der Waals surface area contributed by atoms with Crippen LogP contribution in [0.2, 0.25) is 10.0 Å². The number of anilines is 2. The topological polar surface area (TPSA) is 66.0 Å². The summed E-state index contributed by atoms with van der Waals surface area (Å²) in [5, 5.41) is 4.66. The van der Waals surface area contributed by atoms with E-state index in [4.69, 9.17) is 23.2 Å². The number of para-hydroxylation sites is 1. The van der Waals surface area contributed by atoms with Crippen LogP contribution in [0, 0.1) is 13.8 Å². The maximum absolute atomic E-state index is 10.00. The highest BCUT2D eigenvalue weighted by Gasteiger charge is 2.03. The fraction of sp³-hybridized carbons (Fsp3) is 0.158. The number of aromatic nitrogens is 1. The SMILES string of the molecule is CNNc1cc(C)c2cccc(C)c2n1.O=CNc1cc(Cl)cc(Cl)c1. The zero-order valence-electron chi connectivity index (χ0n) is 14.7. The second-order valence-corrected chi connectivity index (χ2v) is 6.46. The van der Waals surface area contributed by atoms with E-state index in [0.29, 0.717) is 22.1 Å². The first kappa shape index (κ1) is 20.0. The number of aryl methyl sites for hydroxylation is 2. The molecule has 26 heavy (non-hydrogen) atoms. The average Bonchev–Trinajstić information content (AvgIpc) is 2.56. The minimum Gasteiger partial charge on any atom is -0.329 e. The molecule has 7 heteroatoms. The van der Waals surface area contributed by atoms with Crippen molar-refractivity contribution in [3.05, 3.63) is 63.6 Å². The number of hydrogen-bond donors (Lipinski definition) is 3. The smallest absolute Gasteiger partial charge is 0.211 e. The molecule has 136 valence electrons. The molecular formula is C19H20Cl2N4O. The molecule has 3 N–H and O–H groups in total. The van der Waals surface area contributed by atoms with Crippen LogP contribution in [0.15, 0.2) is 42.5 Å². The van der Waals surface area contributed by atoms with E-state index < -0.39 is 0 Å². The van der Waals surface area contributed by atoms with Crippen molar-refractivity contribution in [2.45, 2.75) is 13.8 Å². The predicted octanol–water partition coefficient (Wildman–Crippen LogP) is 4.96. The molecule has 0 spiro atoms. The van der Waals surface area contributed by atoms with Gasteiger partial charge < -0.3 is 10.7 Å². The molecule has 1 heterocycles.